The molecule has 0 aromatic heterocycles. The molecule has 1 heterocycles. The summed E-state index contributed by atoms with van der Waals surface area (Å²) in [6.45, 7) is 10.9. The summed E-state index contributed by atoms with van der Waals surface area (Å²) < 4.78 is 0. The van der Waals surface area contributed by atoms with Crippen molar-refractivity contribution in [1.82, 2.24) is 10.2 Å². The molecule has 2 fully saturated rings. The quantitative estimate of drug-likeness (QED) is 0.789. The Morgan fingerprint density at radius 2 is 1.85 bits per heavy atom. The third-order valence-electron chi connectivity index (χ3n) is 5.82. The highest BCUT2D eigenvalue weighted by atomic mass is 15.2. The Bertz CT molecular complexity index is 258. The van der Waals surface area contributed by atoms with E-state index in [1.54, 1.807) is 0 Å². The molecule has 20 heavy (non-hydrogen) atoms. The number of nitrogens with zero attached hydrogens (tertiary/aromatic N) is 1. The van der Waals surface area contributed by atoms with Gasteiger partial charge in [-0.3, -0.25) is 0 Å². The van der Waals surface area contributed by atoms with Gasteiger partial charge in [0, 0.05) is 18.6 Å². The third-order valence-corrected chi connectivity index (χ3v) is 5.82. The van der Waals surface area contributed by atoms with Gasteiger partial charge in [-0.15, -0.1) is 0 Å². The van der Waals surface area contributed by atoms with Gasteiger partial charge in [0.05, 0.1) is 0 Å². The lowest BCUT2D eigenvalue weighted by Crippen LogP contribution is -2.49. The van der Waals surface area contributed by atoms with Crippen molar-refractivity contribution in [3.05, 3.63) is 0 Å². The minimum Gasteiger partial charge on any atom is -0.314 e. The second-order valence-electron chi connectivity index (χ2n) is 7.22. The van der Waals surface area contributed by atoms with E-state index in [0.29, 0.717) is 6.04 Å². The predicted molar refractivity (Wildman–Crippen MR) is 88.1 cm³/mol. The number of nitrogens with one attached hydrogen (secondary N) is 1. The highest BCUT2D eigenvalue weighted by Crippen LogP contribution is 2.32. The lowest BCUT2D eigenvalue weighted by atomic mass is 9.82. The maximum absolute atomic E-state index is 3.71. The summed E-state index contributed by atoms with van der Waals surface area (Å²) in [6, 6.07) is 1.60. The molecule has 2 heteroatoms. The van der Waals surface area contributed by atoms with E-state index in [2.05, 4.69) is 31.0 Å². The lowest BCUT2D eigenvalue weighted by molar-refractivity contribution is 0.0759. The van der Waals surface area contributed by atoms with Gasteiger partial charge in [0.15, 0.2) is 0 Å². The van der Waals surface area contributed by atoms with E-state index in [4.69, 9.17) is 0 Å². The molecule has 0 aromatic rings. The standard InChI is InChI=1S/C18H36N2/c1-4-12-19-15(3)17-7-6-13-20(14-17)18-10-8-16(5-2)9-11-18/h15-19H,4-14H2,1-3H3. The van der Waals surface area contributed by atoms with Crippen LogP contribution in [0.1, 0.15) is 72.1 Å². The molecule has 118 valence electrons. The van der Waals surface area contributed by atoms with E-state index in [0.717, 1.165) is 17.9 Å². The van der Waals surface area contributed by atoms with E-state index in [1.165, 1.54) is 71.0 Å². The molecule has 2 aliphatic rings. The van der Waals surface area contributed by atoms with E-state index in [-0.39, 0.29) is 0 Å². The maximum Gasteiger partial charge on any atom is 0.00955 e. The van der Waals surface area contributed by atoms with E-state index in [9.17, 15) is 0 Å². The normalized spacial score (nSPS) is 34.0. The molecule has 1 aliphatic carbocycles. The van der Waals surface area contributed by atoms with Gasteiger partial charge >= 0.3 is 0 Å². The first kappa shape index (κ1) is 16.3. The first-order valence-corrected chi connectivity index (χ1v) is 9.22. The fraction of sp³-hybridized carbons (Fsp3) is 1.00. The van der Waals surface area contributed by atoms with Crippen molar-refractivity contribution in [3.8, 4) is 0 Å². The zero-order valence-electron chi connectivity index (χ0n) is 14.0. The number of rotatable bonds is 6. The first-order valence-electron chi connectivity index (χ1n) is 9.22. The highest BCUT2D eigenvalue weighted by Gasteiger charge is 2.30. The molecule has 1 saturated carbocycles. The largest absolute Gasteiger partial charge is 0.314 e. The summed E-state index contributed by atoms with van der Waals surface area (Å²) in [7, 11) is 0. The van der Waals surface area contributed by atoms with Crippen LogP contribution in [-0.2, 0) is 0 Å². The second kappa shape index (κ2) is 8.38. The Labute approximate surface area is 126 Å². The van der Waals surface area contributed by atoms with Crippen LogP contribution >= 0.6 is 0 Å². The molecule has 1 N–H and O–H groups in total. The van der Waals surface area contributed by atoms with Crippen LogP contribution in [0.3, 0.4) is 0 Å². The number of piperidine rings is 1. The van der Waals surface area contributed by atoms with Crippen molar-refractivity contribution < 1.29 is 0 Å². The minimum atomic E-state index is 0.699. The van der Waals surface area contributed by atoms with Crippen LogP contribution in [0.5, 0.6) is 0 Å². The zero-order valence-corrected chi connectivity index (χ0v) is 14.0. The van der Waals surface area contributed by atoms with Gasteiger partial charge in [-0.2, -0.15) is 0 Å². The molecule has 1 saturated heterocycles. The summed E-state index contributed by atoms with van der Waals surface area (Å²) in [5, 5.41) is 3.71. The molecule has 0 spiro atoms. The SMILES string of the molecule is CCCNC(C)C1CCCN(C2CCC(CC)CC2)C1. The average Bonchev–Trinajstić information content (AvgIpc) is 2.52. The Morgan fingerprint density at radius 3 is 2.50 bits per heavy atom. The van der Waals surface area contributed by atoms with Gasteiger partial charge in [-0.1, -0.05) is 20.3 Å². The Morgan fingerprint density at radius 1 is 1.10 bits per heavy atom. The van der Waals surface area contributed by atoms with Crippen LogP contribution < -0.4 is 5.32 Å². The first-order chi connectivity index (χ1) is 9.74. The Balaban J connectivity index is 1.78. The molecular formula is C18H36N2. The summed E-state index contributed by atoms with van der Waals surface area (Å²) >= 11 is 0. The van der Waals surface area contributed by atoms with Gasteiger partial charge in [-0.25, -0.2) is 0 Å². The third kappa shape index (κ3) is 4.46. The van der Waals surface area contributed by atoms with Crippen LogP contribution in [-0.4, -0.2) is 36.6 Å². The van der Waals surface area contributed by atoms with Gasteiger partial charge < -0.3 is 10.2 Å². The molecule has 2 rings (SSSR count). The Kier molecular flexibility index (Phi) is 6.83. The molecular weight excluding hydrogens is 244 g/mol. The van der Waals surface area contributed by atoms with E-state index < -0.39 is 0 Å². The molecule has 2 unspecified atom stereocenters. The summed E-state index contributed by atoms with van der Waals surface area (Å²) in [4.78, 5) is 2.84. The molecule has 2 nitrogen and oxygen atoms in total. The van der Waals surface area contributed by atoms with Crippen LogP contribution in [0.25, 0.3) is 0 Å². The molecule has 0 radical (unpaired) electrons. The van der Waals surface area contributed by atoms with Gasteiger partial charge in [0.1, 0.15) is 0 Å². The van der Waals surface area contributed by atoms with Crippen LogP contribution in [0.4, 0.5) is 0 Å². The van der Waals surface area contributed by atoms with E-state index >= 15 is 0 Å². The molecule has 0 amide bonds. The highest BCUT2D eigenvalue weighted by molar-refractivity contribution is 4.86. The van der Waals surface area contributed by atoms with Crippen molar-refractivity contribution in [3.63, 3.8) is 0 Å². The smallest absolute Gasteiger partial charge is 0.00955 e. The van der Waals surface area contributed by atoms with Crippen molar-refractivity contribution in [2.45, 2.75) is 84.2 Å². The van der Waals surface area contributed by atoms with Crippen molar-refractivity contribution >= 4 is 0 Å². The fourth-order valence-electron chi connectivity index (χ4n) is 4.24. The monoisotopic (exact) mass is 280 g/mol. The summed E-state index contributed by atoms with van der Waals surface area (Å²) in [5.74, 6) is 1.90. The van der Waals surface area contributed by atoms with Crippen molar-refractivity contribution in [2.75, 3.05) is 19.6 Å². The lowest BCUT2D eigenvalue weighted by Gasteiger charge is -2.43. The summed E-state index contributed by atoms with van der Waals surface area (Å²) in [5.41, 5.74) is 0. The van der Waals surface area contributed by atoms with Crippen LogP contribution in [0.2, 0.25) is 0 Å². The minimum absolute atomic E-state index is 0.699. The zero-order chi connectivity index (χ0) is 14.4. The number of hydrogen-bond acceptors (Lipinski definition) is 2. The summed E-state index contributed by atoms with van der Waals surface area (Å²) in [6.07, 6.45) is 11.4. The maximum atomic E-state index is 3.71. The van der Waals surface area contributed by atoms with Gasteiger partial charge in [0.2, 0.25) is 0 Å². The van der Waals surface area contributed by atoms with Crippen molar-refractivity contribution in [1.29, 1.82) is 0 Å². The fourth-order valence-corrected chi connectivity index (χ4v) is 4.24. The number of likely N-dealkylation sites (tertiary alicyclic amines) is 1. The van der Waals surface area contributed by atoms with E-state index in [1.807, 2.05) is 0 Å². The molecule has 0 aromatic carbocycles. The second-order valence-corrected chi connectivity index (χ2v) is 7.22. The predicted octanol–water partition coefficient (Wildman–Crippen LogP) is 4.06. The van der Waals surface area contributed by atoms with Gasteiger partial charge in [0.25, 0.3) is 0 Å². The Hall–Kier alpha value is -0.0800. The van der Waals surface area contributed by atoms with Crippen LogP contribution in [0, 0.1) is 11.8 Å². The molecule has 2 atom stereocenters. The average molecular weight is 280 g/mol. The molecule has 0 bridgehead atoms. The van der Waals surface area contributed by atoms with Crippen molar-refractivity contribution in [2.24, 2.45) is 11.8 Å². The topological polar surface area (TPSA) is 15.3 Å². The van der Waals surface area contributed by atoms with Gasteiger partial charge in [-0.05, 0) is 76.8 Å². The molecule has 1 aliphatic heterocycles. The van der Waals surface area contributed by atoms with Crippen LogP contribution in [0.15, 0.2) is 0 Å². The number of hydrogen-bond donors (Lipinski definition) is 1.